The van der Waals surface area contributed by atoms with Gasteiger partial charge < -0.3 is 10.5 Å². The van der Waals surface area contributed by atoms with E-state index in [0.717, 1.165) is 52.0 Å². The van der Waals surface area contributed by atoms with Gasteiger partial charge >= 0.3 is 0 Å². The number of nitrogens with zero attached hydrogens (tertiary/aromatic N) is 1. The van der Waals surface area contributed by atoms with Crippen molar-refractivity contribution in [3.63, 3.8) is 0 Å². The van der Waals surface area contributed by atoms with Crippen molar-refractivity contribution in [3.05, 3.63) is 20.3 Å². The van der Waals surface area contributed by atoms with Gasteiger partial charge in [0.15, 0.2) is 0 Å². The van der Waals surface area contributed by atoms with Gasteiger partial charge in [-0.2, -0.15) is 0 Å². The van der Waals surface area contributed by atoms with Crippen molar-refractivity contribution in [2.45, 2.75) is 38.8 Å². The largest absolute Gasteiger partial charge is 0.378 e. The molecule has 2 rings (SSSR count). The van der Waals surface area contributed by atoms with Crippen LogP contribution < -0.4 is 5.73 Å². The van der Waals surface area contributed by atoms with Crippen molar-refractivity contribution in [2.75, 3.05) is 26.2 Å². The Morgan fingerprint density at radius 1 is 1.47 bits per heavy atom. The standard InChI is InChI=1S/C14H23BrN2OS/c1-11-14(15)9-13(19-11)10-17-6-3-12(4-7-17)18-8-2-5-16/h9,12H,2-8,10,16H2,1H3. The number of thiophene rings is 1. The predicted molar refractivity (Wildman–Crippen MR) is 84.7 cm³/mol. The average Bonchev–Trinajstić information content (AvgIpc) is 2.71. The number of halogens is 1. The van der Waals surface area contributed by atoms with Crippen molar-refractivity contribution in [1.29, 1.82) is 0 Å². The maximum Gasteiger partial charge on any atom is 0.0599 e. The van der Waals surface area contributed by atoms with Crippen LogP contribution >= 0.6 is 27.3 Å². The summed E-state index contributed by atoms with van der Waals surface area (Å²) in [7, 11) is 0. The Morgan fingerprint density at radius 3 is 2.79 bits per heavy atom. The van der Waals surface area contributed by atoms with Gasteiger partial charge in [-0.05, 0) is 54.7 Å². The van der Waals surface area contributed by atoms with Crippen LogP contribution in [0.1, 0.15) is 29.0 Å². The molecule has 0 spiro atoms. The molecule has 108 valence electrons. The Morgan fingerprint density at radius 2 is 2.21 bits per heavy atom. The number of hydrogen-bond donors (Lipinski definition) is 1. The van der Waals surface area contributed by atoms with Crippen molar-refractivity contribution >= 4 is 27.3 Å². The third kappa shape index (κ3) is 4.83. The van der Waals surface area contributed by atoms with E-state index in [4.69, 9.17) is 10.5 Å². The molecule has 1 aliphatic heterocycles. The third-order valence-corrected chi connectivity index (χ3v) is 5.65. The molecule has 1 aromatic heterocycles. The van der Waals surface area contributed by atoms with Crippen LogP contribution in [0.5, 0.6) is 0 Å². The molecule has 2 heterocycles. The van der Waals surface area contributed by atoms with Crippen LogP contribution in [0.15, 0.2) is 10.5 Å². The molecule has 0 bridgehead atoms. The first-order valence-electron chi connectivity index (χ1n) is 6.98. The molecule has 0 aromatic carbocycles. The fraction of sp³-hybridized carbons (Fsp3) is 0.714. The summed E-state index contributed by atoms with van der Waals surface area (Å²) in [5.41, 5.74) is 5.48. The molecule has 0 radical (unpaired) electrons. The van der Waals surface area contributed by atoms with Gasteiger partial charge in [-0.15, -0.1) is 11.3 Å². The fourth-order valence-corrected chi connectivity index (χ4v) is 4.03. The monoisotopic (exact) mass is 346 g/mol. The molecular weight excluding hydrogens is 324 g/mol. The lowest BCUT2D eigenvalue weighted by atomic mass is 10.1. The Balaban J connectivity index is 1.71. The van der Waals surface area contributed by atoms with Gasteiger partial charge in [0, 0.05) is 40.5 Å². The maximum atomic E-state index is 5.83. The summed E-state index contributed by atoms with van der Waals surface area (Å²) in [4.78, 5) is 5.35. The van der Waals surface area contributed by atoms with E-state index < -0.39 is 0 Å². The molecule has 1 fully saturated rings. The topological polar surface area (TPSA) is 38.5 Å². The SMILES string of the molecule is Cc1sc(CN2CCC(OCCCN)CC2)cc1Br. The molecule has 0 amide bonds. The Kier molecular flexibility index (Phi) is 6.29. The highest BCUT2D eigenvalue weighted by molar-refractivity contribution is 9.10. The van der Waals surface area contributed by atoms with E-state index >= 15 is 0 Å². The Bertz CT molecular complexity index is 369. The summed E-state index contributed by atoms with van der Waals surface area (Å²) in [6, 6.07) is 2.25. The Hall–Kier alpha value is 0.0600. The highest BCUT2D eigenvalue weighted by atomic mass is 79.9. The number of rotatable bonds is 6. The van der Waals surface area contributed by atoms with Crippen molar-refractivity contribution in [1.82, 2.24) is 4.90 Å². The van der Waals surface area contributed by atoms with Gasteiger partial charge in [0.2, 0.25) is 0 Å². The number of aryl methyl sites for hydroxylation is 1. The van der Waals surface area contributed by atoms with Crippen LogP contribution in [0.3, 0.4) is 0 Å². The van der Waals surface area contributed by atoms with E-state index in [1.165, 1.54) is 14.2 Å². The predicted octanol–water partition coefficient (Wildman–Crippen LogP) is 3.15. The zero-order valence-corrected chi connectivity index (χ0v) is 13.9. The zero-order valence-electron chi connectivity index (χ0n) is 11.5. The lowest BCUT2D eigenvalue weighted by Crippen LogP contribution is -2.36. The van der Waals surface area contributed by atoms with Crippen LogP contribution in [0.25, 0.3) is 0 Å². The third-order valence-electron chi connectivity index (χ3n) is 3.52. The second kappa shape index (κ2) is 7.74. The number of nitrogens with two attached hydrogens (primary N) is 1. The van der Waals surface area contributed by atoms with Crippen LogP contribution in [0.2, 0.25) is 0 Å². The molecule has 19 heavy (non-hydrogen) atoms. The average molecular weight is 347 g/mol. The number of ether oxygens (including phenoxy) is 1. The summed E-state index contributed by atoms with van der Waals surface area (Å²) in [6.07, 6.45) is 3.72. The molecule has 0 unspecified atom stereocenters. The first-order chi connectivity index (χ1) is 9.19. The molecule has 0 saturated carbocycles. The van der Waals surface area contributed by atoms with Gasteiger partial charge in [0.1, 0.15) is 0 Å². The molecular formula is C14H23BrN2OS. The summed E-state index contributed by atoms with van der Waals surface area (Å²) < 4.78 is 7.08. The van der Waals surface area contributed by atoms with Crippen molar-refractivity contribution < 1.29 is 4.74 Å². The molecule has 0 atom stereocenters. The summed E-state index contributed by atoms with van der Waals surface area (Å²) in [5, 5.41) is 0. The summed E-state index contributed by atoms with van der Waals surface area (Å²) in [6.45, 7) is 7.07. The molecule has 5 heteroatoms. The Labute approximate surface area is 128 Å². The smallest absolute Gasteiger partial charge is 0.0599 e. The van der Waals surface area contributed by atoms with E-state index in [0.29, 0.717) is 6.10 Å². The normalized spacial score (nSPS) is 18.1. The molecule has 0 aliphatic carbocycles. The second-order valence-electron chi connectivity index (χ2n) is 5.11. The van der Waals surface area contributed by atoms with Crippen molar-refractivity contribution in [2.24, 2.45) is 5.73 Å². The first-order valence-corrected chi connectivity index (χ1v) is 8.59. The van der Waals surface area contributed by atoms with Gasteiger partial charge in [0.25, 0.3) is 0 Å². The number of hydrogen-bond acceptors (Lipinski definition) is 4. The van der Waals surface area contributed by atoms with Gasteiger partial charge in [-0.1, -0.05) is 0 Å². The summed E-state index contributed by atoms with van der Waals surface area (Å²) in [5.74, 6) is 0. The van der Waals surface area contributed by atoms with E-state index in [1.807, 2.05) is 11.3 Å². The van der Waals surface area contributed by atoms with Crippen LogP contribution in [0, 0.1) is 6.92 Å². The quantitative estimate of drug-likeness (QED) is 0.804. The molecule has 3 nitrogen and oxygen atoms in total. The van der Waals surface area contributed by atoms with Crippen LogP contribution in [-0.4, -0.2) is 37.2 Å². The maximum absolute atomic E-state index is 5.83. The highest BCUT2D eigenvalue weighted by Crippen LogP contribution is 2.28. The van der Waals surface area contributed by atoms with Crippen LogP contribution in [-0.2, 0) is 11.3 Å². The minimum Gasteiger partial charge on any atom is -0.378 e. The van der Waals surface area contributed by atoms with Gasteiger partial charge in [-0.25, -0.2) is 0 Å². The molecule has 1 saturated heterocycles. The molecule has 1 aliphatic rings. The number of likely N-dealkylation sites (tertiary alicyclic amines) is 1. The van der Waals surface area contributed by atoms with E-state index in [2.05, 4.69) is 33.8 Å². The van der Waals surface area contributed by atoms with Gasteiger partial charge in [0.05, 0.1) is 6.10 Å². The van der Waals surface area contributed by atoms with Gasteiger partial charge in [-0.3, -0.25) is 4.90 Å². The number of piperidine rings is 1. The second-order valence-corrected chi connectivity index (χ2v) is 7.30. The van der Waals surface area contributed by atoms with Crippen LogP contribution in [0.4, 0.5) is 0 Å². The summed E-state index contributed by atoms with van der Waals surface area (Å²) >= 11 is 5.48. The highest BCUT2D eigenvalue weighted by Gasteiger charge is 2.20. The zero-order chi connectivity index (χ0) is 13.7. The van der Waals surface area contributed by atoms with E-state index in [-0.39, 0.29) is 0 Å². The van der Waals surface area contributed by atoms with Crippen molar-refractivity contribution in [3.8, 4) is 0 Å². The molecule has 1 aromatic rings. The first kappa shape index (κ1) is 15.4. The molecule has 2 N–H and O–H groups in total. The lowest BCUT2D eigenvalue weighted by molar-refractivity contribution is 0.00582. The van der Waals surface area contributed by atoms with E-state index in [1.54, 1.807) is 0 Å². The minimum atomic E-state index is 0.444. The minimum absolute atomic E-state index is 0.444. The fourth-order valence-electron chi connectivity index (χ4n) is 2.38. The van der Waals surface area contributed by atoms with E-state index in [9.17, 15) is 0 Å². The lowest BCUT2D eigenvalue weighted by Gasteiger charge is -2.31.